The number of hydrogen-bond donors (Lipinski definition) is 2. The zero-order chi connectivity index (χ0) is 20.2. The second-order valence-electron chi connectivity index (χ2n) is 6.96. The third-order valence-corrected chi connectivity index (χ3v) is 5.15. The zero-order valence-electron chi connectivity index (χ0n) is 15.6. The zero-order valence-corrected chi connectivity index (χ0v) is 15.6. The fourth-order valence-corrected chi connectivity index (χ4v) is 3.57. The summed E-state index contributed by atoms with van der Waals surface area (Å²) in [7, 11) is 0. The Kier molecular flexibility index (Phi) is 5.20. The predicted molar refractivity (Wildman–Crippen MR) is 107 cm³/mol. The van der Waals surface area contributed by atoms with Crippen molar-refractivity contribution >= 4 is 17.3 Å². The van der Waals surface area contributed by atoms with Crippen LogP contribution in [-0.2, 0) is 4.79 Å². The third kappa shape index (κ3) is 4.09. The Labute approximate surface area is 167 Å². The fourth-order valence-electron chi connectivity index (χ4n) is 3.57. The number of hydrogen-bond acceptors (Lipinski definition) is 5. The van der Waals surface area contributed by atoms with Crippen LogP contribution in [-0.4, -0.2) is 34.4 Å². The summed E-state index contributed by atoms with van der Waals surface area (Å²) < 4.78 is 13.4. The van der Waals surface area contributed by atoms with E-state index in [1.807, 2.05) is 35.2 Å². The molecule has 2 heterocycles. The van der Waals surface area contributed by atoms with Crippen molar-refractivity contribution in [1.29, 1.82) is 5.26 Å². The summed E-state index contributed by atoms with van der Waals surface area (Å²) in [5.41, 5.74) is 3.43. The number of aromatic nitrogens is 3. The first-order valence-electron chi connectivity index (χ1n) is 9.36. The molecule has 1 saturated heterocycles. The van der Waals surface area contributed by atoms with Crippen molar-refractivity contribution in [3.05, 3.63) is 60.0 Å². The quantitative estimate of drug-likeness (QED) is 0.712. The van der Waals surface area contributed by atoms with Crippen LogP contribution in [0.2, 0.25) is 0 Å². The molecule has 1 fully saturated rings. The topological polar surface area (TPSA) is 97.7 Å². The second-order valence-corrected chi connectivity index (χ2v) is 6.96. The summed E-state index contributed by atoms with van der Waals surface area (Å²) >= 11 is 0. The highest BCUT2D eigenvalue weighted by molar-refractivity contribution is 5.93. The number of nitrogens with zero attached hydrogens (tertiary/aromatic N) is 4. The molecule has 0 bridgehead atoms. The lowest BCUT2D eigenvalue weighted by atomic mass is 9.95. The molecule has 1 aliphatic heterocycles. The Hall–Kier alpha value is -3.73. The summed E-state index contributed by atoms with van der Waals surface area (Å²) in [6.07, 6.45) is 2.98. The van der Waals surface area contributed by atoms with Crippen molar-refractivity contribution in [3.8, 4) is 17.3 Å². The molecule has 0 spiro atoms. The number of amides is 1. The number of carbonyl (C=O) groups excluding carboxylic acids is 1. The molecular weight excluding hydrogens is 371 g/mol. The van der Waals surface area contributed by atoms with Crippen LogP contribution >= 0.6 is 0 Å². The van der Waals surface area contributed by atoms with E-state index in [0.717, 1.165) is 22.6 Å². The van der Waals surface area contributed by atoms with E-state index < -0.39 is 5.82 Å². The molecule has 0 saturated carbocycles. The Morgan fingerprint density at radius 3 is 2.62 bits per heavy atom. The number of piperidine rings is 1. The summed E-state index contributed by atoms with van der Waals surface area (Å²) in [6, 6.07) is 13.7. The number of carbonyl (C=O) groups is 1. The number of benzene rings is 2. The van der Waals surface area contributed by atoms with Crippen LogP contribution in [0.15, 0.2) is 48.7 Å². The molecule has 29 heavy (non-hydrogen) atoms. The van der Waals surface area contributed by atoms with Gasteiger partial charge in [0.2, 0.25) is 5.91 Å². The van der Waals surface area contributed by atoms with Crippen LogP contribution in [0.1, 0.15) is 18.4 Å². The van der Waals surface area contributed by atoms with Gasteiger partial charge in [-0.15, -0.1) is 0 Å². The van der Waals surface area contributed by atoms with Crippen molar-refractivity contribution < 1.29 is 9.18 Å². The van der Waals surface area contributed by atoms with Crippen molar-refractivity contribution in [3.63, 3.8) is 0 Å². The number of anilines is 2. The number of rotatable bonds is 4. The van der Waals surface area contributed by atoms with E-state index in [1.165, 1.54) is 12.1 Å². The van der Waals surface area contributed by atoms with E-state index >= 15 is 0 Å². The lowest BCUT2D eigenvalue weighted by Gasteiger charge is -2.33. The maximum absolute atomic E-state index is 13.4. The van der Waals surface area contributed by atoms with Gasteiger partial charge in [-0.2, -0.15) is 20.7 Å². The highest BCUT2D eigenvalue weighted by atomic mass is 19.1. The Bertz CT molecular complexity index is 1030. The number of H-pyrrole nitrogens is 1. The molecule has 0 unspecified atom stereocenters. The van der Waals surface area contributed by atoms with Crippen LogP contribution < -0.4 is 10.2 Å². The molecule has 7 nitrogen and oxygen atoms in total. The summed E-state index contributed by atoms with van der Waals surface area (Å²) in [5.74, 6) is -0.542. The molecule has 2 aromatic carbocycles. The van der Waals surface area contributed by atoms with Gasteiger partial charge in [0.05, 0.1) is 17.4 Å². The average Bonchev–Trinajstić information content (AvgIpc) is 3.29. The molecule has 0 atom stereocenters. The van der Waals surface area contributed by atoms with Gasteiger partial charge in [0.1, 0.15) is 17.6 Å². The van der Waals surface area contributed by atoms with Gasteiger partial charge in [0.15, 0.2) is 0 Å². The van der Waals surface area contributed by atoms with Crippen LogP contribution in [0.5, 0.6) is 0 Å². The molecule has 3 aromatic rings. The van der Waals surface area contributed by atoms with E-state index in [9.17, 15) is 14.4 Å². The molecule has 4 rings (SSSR count). The molecule has 0 aliphatic carbocycles. The van der Waals surface area contributed by atoms with Crippen molar-refractivity contribution in [2.75, 3.05) is 23.3 Å². The number of halogens is 1. The molecule has 8 heteroatoms. The molecule has 1 amide bonds. The summed E-state index contributed by atoms with van der Waals surface area (Å²) in [5, 5.41) is 22.6. The van der Waals surface area contributed by atoms with Gasteiger partial charge in [0, 0.05) is 30.3 Å². The van der Waals surface area contributed by atoms with Gasteiger partial charge in [-0.25, -0.2) is 4.39 Å². The first-order valence-corrected chi connectivity index (χ1v) is 9.36. The van der Waals surface area contributed by atoms with Crippen molar-refractivity contribution in [1.82, 2.24) is 15.4 Å². The van der Waals surface area contributed by atoms with Crippen LogP contribution in [0.3, 0.4) is 0 Å². The number of nitrogens with one attached hydrogen (secondary N) is 2. The van der Waals surface area contributed by atoms with Gasteiger partial charge in [-0.3, -0.25) is 4.79 Å². The summed E-state index contributed by atoms with van der Waals surface area (Å²) in [6.45, 7) is 1.28. The first-order chi connectivity index (χ1) is 14.1. The monoisotopic (exact) mass is 390 g/mol. The second kappa shape index (κ2) is 8.10. The van der Waals surface area contributed by atoms with Gasteiger partial charge in [-0.05, 0) is 43.2 Å². The lowest BCUT2D eigenvalue weighted by molar-refractivity contribution is -0.120. The highest BCUT2D eigenvalue weighted by Gasteiger charge is 2.26. The Morgan fingerprint density at radius 1 is 1.21 bits per heavy atom. The van der Waals surface area contributed by atoms with Crippen molar-refractivity contribution in [2.45, 2.75) is 12.8 Å². The van der Waals surface area contributed by atoms with E-state index in [0.29, 0.717) is 31.5 Å². The molecule has 1 aliphatic rings. The van der Waals surface area contributed by atoms with E-state index in [4.69, 9.17) is 0 Å². The van der Waals surface area contributed by atoms with Gasteiger partial charge in [-0.1, -0.05) is 12.1 Å². The lowest BCUT2D eigenvalue weighted by Crippen LogP contribution is -2.38. The SMILES string of the molecule is N#Cc1cc(F)ccc1N1CCC(C(=O)Nc2ccc(-c3cn[nH]n3)cc2)CC1. The molecular formula is C21H19FN6O. The molecule has 2 N–H and O–H groups in total. The van der Waals surface area contributed by atoms with E-state index in [-0.39, 0.29) is 11.8 Å². The van der Waals surface area contributed by atoms with E-state index in [1.54, 1.807) is 12.3 Å². The Balaban J connectivity index is 1.35. The van der Waals surface area contributed by atoms with Crippen LogP contribution in [0.25, 0.3) is 11.3 Å². The standard InChI is InChI=1S/C21H19FN6O/c22-17-3-6-20(16(11-17)12-23)28-9-7-15(8-10-28)21(29)25-18-4-1-14(2-5-18)19-13-24-27-26-19/h1-6,11,13,15H,7-10H2,(H,25,29)(H,24,26,27). The van der Waals surface area contributed by atoms with Gasteiger partial charge < -0.3 is 10.2 Å². The highest BCUT2D eigenvalue weighted by Crippen LogP contribution is 2.27. The largest absolute Gasteiger partial charge is 0.370 e. The van der Waals surface area contributed by atoms with Gasteiger partial charge in [0.25, 0.3) is 0 Å². The minimum atomic E-state index is -0.422. The minimum Gasteiger partial charge on any atom is -0.370 e. The van der Waals surface area contributed by atoms with E-state index in [2.05, 4.69) is 20.7 Å². The maximum Gasteiger partial charge on any atom is 0.227 e. The first kappa shape index (κ1) is 18.6. The average molecular weight is 390 g/mol. The fraction of sp³-hybridized carbons (Fsp3) is 0.238. The Morgan fingerprint density at radius 2 is 1.97 bits per heavy atom. The molecule has 146 valence electrons. The normalized spacial score (nSPS) is 14.4. The van der Waals surface area contributed by atoms with Crippen LogP contribution in [0.4, 0.5) is 15.8 Å². The molecule has 0 radical (unpaired) electrons. The summed E-state index contributed by atoms with van der Waals surface area (Å²) in [4.78, 5) is 14.7. The maximum atomic E-state index is 13.4. The van der Waals surface area contributed by atoms with Crippen molar-refractivity contribution in [2.24, 2.45) is 5.92 Å². The predicted octanol–water partition coefficient (Wildman–Crippen LogP) is 3.34. The number of aromatic amines is 1. The van der Waals surface area contributed by atoms with Crippen LogP contribution in [0, 0.1) is 23.1 Å². The minimum absolute atomic E-state index is 0.0153. The third-order valence-electron chi connectivity index (χ3n) is 5.15. The van der Waals surface area contributed by atoms with Gasteiger partial charge >= 0.3 is 0 Å². The number of nitriles is 1. The smallest absolute Gasteiger partial charge is 0.227 e. The molecule has 1 aromatic heterocycles.